The number of rotatable bonds is 7. The van der Waals surface area contributed by atoms with Crippen molar-refractivity contribution in [2.45, 2.75) is 32.9 Å². The second-order valence-corrected chi connectivity index (χ2v) is 5.84. The Kier molecular flexibility index (Phi) is 9.14. The van der Waals surface area contributed by atoms with Crippen molar-refractivity contribution >= 4 is 41.3 Å². The zero-order valence-corrected chi connectivity index (χ0v) is 16.2. The molecule has 22 heavy (non-hydrogen) atoms. The van der Waals surface area contributed by atoms with Crippen LogP contribution in [0.3, 0.4) is 0 Å². The Labute approximate surface area is 153 Å². The van der Waals surface area contributed by atoms with Gasteiger partial charge in [-0.25, -0.2) is 4.98 Å². The average Bonchev–Trinajstić information content (AvgIpc) is 3.14. The summed E-state index contributed by atoms with van der Waals surface area (Å²) >= 11 is 1.75. The van der Waals surface area contributed by atoms with Gasteiger partial charge in [-0.15, -0.1) is 35.3 Å². The molecular formula is C15H24IN5S. The van der Waals surface area contributed by atoms with Crippen LogP contribution in [0.1, 0.15) is 23.5 Å². The standard InChI is InChI=1S/C15H23N5S.HI/c1-13-17-8-10-20(13)9-4-3-7-18-15(16-2)19-12-14-6-5-11-21-14;/h5-6,8,10-11H,3-4,7,9,12H2,1-2H3,(H2,16,18,19);1H. The van der Waals surface area contributed by atoms with Gasteiger partial charge < -0.3 is 15.2 Å². The van der Waals surface area contributed by atoms with E-state index in [2.05, 4.69) is 42.7 Å². The molecule has 0 bridgehead atoms. The van der Waals surface area contributed by atoms with Crippen molar-refractivity contribution in [1.82, 2.24) is 20.2 Å². The van der Waals surface area contributed by atoms with Gasteiger partial charge in [-0.2, -0.15) is 0 Å². The fourth-order valence-corrected chi connectivity index (χ4v) is 2.70. The fraction of sp³-hybridized carbons (Fsp3) is 0.467. The molecule has 0 aliphatic carbocycles. The number of unbranched alkanes of at least 4 members (excludes halogenated alkanes) is 1. The fourth-order valence-electron chi connectivity index (χ4n) is 2.06. The molecule has 0 radical (unpaired) electrons. The topological polar surface area (TPSA) is 54.2 Å². The maximum Gasteiger partial charge on any atom is 0.191 e. The Morgan fingerprint density at radius 3 is 2.86 bits per heavy atom. The smallest absolute Gasteiger partial charge is 0.191 e. The van der Waals surface area contributed by atoms with Crippen LogP contribution in [0.4, 0.5) is 0 Å². The molecule has 0 spiro atoms. The first-order valence-corrected chi connectivity index (χ1v) is 8.12. The van der Waals surface area contributed by atoms with E-state index in [9.17, 15) is 0 Å². The molecule has 0 atom stereocenters. The molecule has 7 heteroatoms. The van der Waals surface area contributed by atoms with Crippen LogP contribution in [0.2, 0.25) is 0 Å². The molecule has 2 rings (SSSR count). The third-order valence-electron chi connectivity index (χ3n) is 3.28. The molecule has 0 saturated carbocycles. The monoisotopic (exact) mass is 433 g/mol. The minimum atomic E-state index is 0. The van der Waals surface area contributed by atoms with Gasteiger partial charge in [0.25, 0.3) is 0 Å². The quantitative estimate of drug-likeness (QED) is 0.306. The first-order valence-electron chi connectivity index (χ1n) is 7.24. The van der Waals surface area contributed by atoms with Crippen LogP contribution < -0.4 is 10.6 Å². The van der Waals surface area contributed by atoms with Crippen molar-refractivity contribution in [3.05, 3.63) is 40.6 Å². The molecular weight excluding hydrogens is 409 g/mol. The van der Waals surface area contributed by atoms with Crippen LogP contribution in [0.15, 0.2) is 34.9 Å². The van der Waals surface area contributed by atoms with Crippen LogP contribution in [0.25, 0.3) is 0 Å². The van der Waals surface area contributed by atoms with E-state index in [0.29, 0.717) is 0 Å². The number of halogens is 1. The lowest BCUT2D eigenvalue weighted by Crippen LogP contribution is -2.37. The van der Waals surface area contributed by atoms with Crippen LogP contribution in [0.5, 0.6) is 0 Å². The summed E-state index contributed by atoms with van der Waals surface area (Å²) in [5.41, 5.74) is 0. The summed E-state index contributed by atoms with van der Waals surface area (Å²) in [6, 6.07) is 4.19. The normalized spacial score (nSPS) is 11.1. The van der Waals surface area contributed by atoms with E-state index in [1.807, 2.05) is 19.3 Å². The van der Waals surface area contributed by atoms with E-state index in [-0.39, 0.29) is 24.0 Å². The van der Waals surface area contributed by atoms with Gasteiger partial charge in [0.05, 0.1) is 6.54 Å². The maximum atomic E-state index is 4.23. The van der Waals surface area contributed by atoms with E-state index in [1.165, 1.54) is 4.88 Å². The summed E-state index contributed by atoms with van der Waals surface area (Å²) < 4.78 is 2.18. The minimum absolute atomic E-state index is 0. The number of hydrogen-bond acceptors (Lipinski definition) is 3. The van der Waals surface area contributed by atoms with E-state index in [4.69, 9.17) is 0 Å². The third-order valence-corrected chi connectivity index (χ3v) is 4.15. The van der Waals surface area contributed by atoms with Crippen LogP contribution in [-0.2, 0) is 13.1 Å². The number of aliphatic imine (C=N–C) groups is 1. The first-order chi connectivity index (χ1) is 10.3. The maximum absolute atomic E-state index is 4.23. The van der Waals surface area contributed by atoms with Gasteiger partial charge in [0.1, 0.15) is 5.82 Å². The number of aryl methyl sites for hydroxylation is 2. The second kappa shape index (κ2) is 10.6. The molecule has 2 heterocycles. The van der Waals surface area contributed by atoms with Crippen molar-refractivity contribution in [2.24, 2.45) is 4.99 Å². The molecule has 122 valence electrons. The molecule has 0 aliphatic heterocycles. The summed E-state index contributed by atoms with van der Waals surface area (Å²) in [6.45, 7) is 4.81. The van der Waals surface area contributed by atoms with Crippen molar-refractivity contribution in [3.8, 4) is 0 Å². The molecule has 0 unspecified atom stereocenters. The number of nitrogens with one attached hydrogen (secondary N) is 2. The Bertz CT molecular complexity index is 550. The number of hydrogen-bond donors (Lipinski definition) is 2. The number of nitrogens with zero attached hydrogens (tertiary/aromatic N) is 3. The molecule has 0 amide bonds. The number of imidazole rings is 1. The molecule has 0 fully saturated rings. The summed E-state index contributed by atoms with van der Waals surface area (Å²) in [5.74, 6) is 1.94. The predicted molar refractivity (Wildman–Crippen MR) is 104 cm³/mol. The van der Waals surface area contributed by atoms with Gasteiger partial charge >= 0.3 is 0 Å². The van der Waals surface area contributed by atoms with Gasteiger partial charge in [0.2, 0.25) is 0 Å². The lowest BCUT2D eigenvalue weighted by Gasteiger charge is -2.11. The van der Waals surface area contributed by atoms with Crippen molar-refractivity contribution < 1.29 is 0 Å². The van der Waals surface area contributed by atoms with Crippen LogP contribution in [0, 0.1) is 6.92 Å². The number of thiophene rings is 1. The first kappa shape index (κ1) is 19.0. The second-order valence-electron chi connectivity index (χ2n) is 4.81. The molecule has 5 nitrogen and oxygen atoms in total. The van der Waals surface area contributed by atoms with Crippen molar-refractivity contribution in [3.63, 3.8) is 0 Å². The van der Waals surface area contributed by atoms with E-state index >= 15 is 0 Å². The predicted octanol–water partition coefficient (Wildman–Crippen LogP) is 3.02. The van der Waals surface area contributed by atoms with Gasteiger partial charge in [0.15, 0.2) is 5.96 Å². The Hall–Kier alpha value is -1.09. The summed E-state index contributed by atoms with van der Waals surface area (Å²) in [4.78, 5) is 9.77. The lowest BCUT2D eigenvalue weighted by atomic mass is 10.3. The average molecular weight is 433 g/mol. The molecule has 0 aliphatic rings. The van der Waals surface area contributed by atoms with Gasteiger partial charge in [-0.3, -0.25) is 4.99 Å². The summed E-state index contributed by atoms with van der Waals surface area (Å²) in [7, 11) is 1.80. The largest absolute Gasteiger partial charge is 0.356 e. The van der Waals surface area contributed by atoms with Crippen molar-refractivity contribution in [1.29, 1.82) is 0 Å². The zero-order valence-electron chi connectivity index (χ0n) is 13.1. The van der Waals surface area contributed by atoms with Gasteiger partial charge in [-0.1, -0.05) is 6.07 Å². The lowest BCUT2D eigenvalue weighted by molar-refractivity contribution is 0.588. The van der Waals surface area contributed by atoms with E-state index in [1.54, 1.807) is 18.4 Å². The Morgan fingerprint density at radius 2 is 2.23 bits per heavy atom. The number of aromatic nitrogens is 2. The highest BCUT2D eigenvalue weighted by atomic mass is 127. The molecule has 0 aromatic carbocycles. The zero-order chi connectivity index (χ0) is 14.9. The minimum Gasteiger partial charge on any atom is -0.356 e. The Balaban J connectivity index is 0.00000242. The number of guanidine groups is 1. The molecule has 2 aromatic heterocycles. The highest BCUT2D eigenvalue weighted by molar-refractivity contribution is 14.0. The highest BCUT2D eigenvalue weighted by Gasteiger charge is 1.99. The Morgan fingerprint density at radius 1 is 1.36 bits per heavy atom. The highest BCUT2D eigenvalue weighted by Crippen LogP contribution is 2.07. The van der Waals surface area contributed by atoms with Crippen LogP contribution in [-0.4, -0.2) is 29.1 Å². The van der Waals surface area contributed by atoms with Gasteiger partial charge in [-0.05, 0) is 31.2 Å². The van der Waals surface area contributed by atoms with Gasteiger partial charge in [0, 0.05) is 37.4 Å². The van der Waals surface area contributed by atoms with E-state index < -0.39 is 0 Å². The molecule has 0 saturated heterocycles. The SMILES string of the molecule is CN=C(NCCCCn1ccnc1C)NCc1cccs1.I. The summed E-state index contributed by atoms with van der Waals surface area (Å²) in [5, 5.41) is 8.75. The van der Waals surface area contributed by atoms with Crippen molar-refractivity contribution in [2.75, 3.05) is 13.6 Å². The third kappa shape index (κ3) is 6.35. The summed E-state index contributed by atoms with van der Waals surface area (Å²) in [6.07, 6.45) is 6.12. The van der Waals surface area contributed by atoms with Crippen LogP contribution >= 0.6 is 35.3 Å². The molecule has 2 N–H and O–H groups in total. The van der Waals surface area contributed by atoms with E-state index in [0.717, 1.165) is 44.3 Å². The molecule has 2 aromatic rings.